The Kier molecular flexibility index (Phi) is 1.83. The van der Waals surface area contributed by atoms with Crippen LogP contribution in [0.3, 0.4) is 0 Å². The molecule has 0 bridgehead atoms. The van der Waals surface area contributed by atoms with E-state index in [-0.39, 0.29) is 5.41 Å². The van der Waals surface area contributed by atoms with E-state index in [1.165, 1.54) is 0 Å². The molecule has 1 fully saturated rings. The summed E-state index contributed by atoms with van der Waals surface area (Å²) in [7, 11) is 1.64. The Balaban J connectivity index is 2.44. The van der Waals surface area contributed by atoms with Gasteiger partial charge in [-0.15, -0.1) is 0 Å². The van der Waals surface area contributed by atoms with E-state index >= 15 is 0 Å². The van der Waals surface area contributed by atoms with Gasteiger partial charge in [-0.2, -0.15) is 0 Å². The molecule has 1 aromatic rings. The highest BCUT2D eigenvalue weighted by Gasteiger charge is 2.45. The number of hydrogen-bond donors (Lipinski definition) is 0. The lowest BCUT2D eigenvalue weighted by Gasteiger charge is -2.11. The Labute approximate surface area is 77.5 Å². The number of hydrogen-bond acceptors (Lipinski definition) is 2. The predicted molar refractivity (Wildman–Crippen MR) is 50.0 cm³/mol. The molecule has 0 heterocycles. The number of carbonyl (C=O) groups is 1. The molecule has 0 spiro atoms. The molecule has 2 rings (SSSR count). The number of ether oxygens (including phenoxy) is 1. The number of carbonyl (C=O) groups excluding carboxylic acids is 1. The summed E-state index contributed by atoms with van der Waals surface area (Å²) in [6.07, 6.45) is 2.96. The van der Waals surface area contributed by atoms with Crippen LogP contribution in [-0.4, -0.2) is 13.4 Å². The molecule has 0 aromatic heterocycles. The van der Waals surface area contributed by atoms with Crippen LogP contribution in [0.5, 0.6) is 5.75 Å². The van der Waals surface area contributed by atoms with E-state index in [0.29, 0.717) is 0 Å². The fourth-order valence-corrected chi connectivity index (χ4v) is 1.64. The van der Waals surface area contributed by atoms with Crippen LogP contribution in [0.2, 0.25) is 0 Å². The minimum Gasteiger partial charge on any atom is -0.496 e. The molecule has 13 heavy (non-hydrogen) atoms. The zero-order valence-electron chi connectivity index (χ0n) is 7.62. The molecule has 0 radical (unpaired) electrons. The lowest BCUT2D eigenvalue weighted by atomic mass is 9.97. The first kappa shape index (κ1) is 8.30. The molecule has 0 N–H and O–H groups in total. The Morgan fingerprint density at radius 3 is 2.62 bits per heavy atom. The average Bonchev–Trinajstić information content (AvgIpc) is 2.98. The van der Waals surface area contributed by atoms with Crippen LogP contribution >= 0.6 is 0 Å². The summed E-state index contributed by atoms with van der Waals surface area (Å²) >= 11 is 0. The van der Waals surface area contributed by atoms with Crippen LogP contribution in [0, 0.1) is 0 Å². The second-order valence-corrected chi connectivity index (χ2v) is 3.47. The maximum atomic E-state index is 10.9. The summed E-state index contributed by atoms with van der Waals surface area (Å²) in [6.45, 7) is 0. The van der Waals surface area contributed by atoms with Gasteiger partial charge < -0.3 is 9.53 Å². The van der Waals surface area contributed by atoms with Crippen LogP contribution < -0.4 is 4.74 Å². The van der Waals surface area contributed by atoms with Gasteiger partial charge in [0, 0.05) is 5.56 Å². The van der Waals surface area contributed by atoms with Gasteiger partial charge in [0.15, 0.2) is 0 Å². The minimum atomic E-state index is -0.230. The highest BCUT2D eigenvalue weighted by molar-refractivity contribution is 5.74. The summed E-state index contributed by atoms with van der Waals surface area (Å²) in [5, 5.41) is 0. The lowest BCUT2D eigenvalue weighted by Crippen LogP contribution is -2.09. The Bertz CT molecular complexity index is 327. The zero-order valence-corrected chi connectivity index (χ0v) is 7.62. The third kappa shape index (κ3) is 1.22. The van der Waals surface area contributed by atoms with Crippen LogP contribution in [0.15, 0.2) is 24.3 Å². The van der Waals surface area contributed by atoms with E-state index in [9.17, 15) is 4.79 Å². The van der Waals surface area contributed by atoms with Crippen molar-refractivity contribution in [3.05, 3.63) is 29.8 Å². The molecule has 1 aliphatic rings. The molecule has 0 unspecified atom stereocenters. The fourth-order valence-electron chi connectivity index (χ4n) is 1.64. The Morgan fingerprint density at radius 2 is 2.08 bits per heavy atom. The molecule has 0 atom stereocenters. The van der Waals surface area contributed by atoms with Crippen LogP contribution in [0.1, 0.15) is 18.4 Å². The first-order valence-electron chi connectivity index (χ1n) is 4.42. The number of methoxy groups -OCH3 is 1. The average molecular weight is 176 g/mol. The van der Waals surface area contributed by atoms with Crippen molar-refractivity contribution in [2.45, 2.75) is 18.3 Å². The van der Waals surface area contributed by atoms with Gasteiger partial charge in [-0.1, -0.05) is 18.2 Å². The summed E-state index contributed by atoms with van der Waals surface area (Å²) in [6, 6.07) is 7.74. The maximum absolute atomic E-state index is 10.9. The molecule has 1 aromatic carbocycles. The van der Waals surface area contributed by atoms with Crippen LogP contribution in [0.25, 0.3) is 0 Å². The molecule has 2 heteroatoms. The topological polar surface area (TPSA) is 26.3 Å². The third-order valence-corrected chi connectivity index (χ3v) is 2.66. The van der Waals surface area contributed by atoms with Gasteiger partial charge in [0.2, 0.25) is 0 Å². The quantitative estimate of drug-likeness (QED) is 0.658. The minimum absolute atomic E-state index is 0.230. The van der Waals surface area contributed by atoms with Crippen molar-refractivity contribution < 1.29 is 9.53 Å². The van der Waals surface area contributed by atoms with E-state index < -0.39 is 0 Å². The zero-order chi connectivity index (χ0) is 9.31. The number of aldehydes is 1. The molecular weight excluding hydrogens is 164 g/mol. The monoisotopic (exact) mass is 176 g/mol. The van der Waals surface area contributed by atoms with E-state index in [1.54, 1.807) is 7.11 Å². The smallest absolute Gasteiger partial charge is 0.130 e. The van der Waals surface area contributed by atoms with Crippen LogP contribution in [-0.2, 0) is 10.2 Å². The van der Waals surface area contributed by atoms with E-state index in [2.05, 4.69) is 0 Å². The molecule has 1 saturated carbocycles. The number of para-hydroxylation sites is 1. The highest BCUT2D eigenvalue weighted by Crippen LogP contribution is 2.49. The highest BCUT2D eigenvalue weighted by atomic mass is 16.5. The first-order chi connectivity index (χ1) is 6.32. The first-order valence-corrected chi connectivity index (χ1v) is 4.42. The largest absolute Gasteiger partial charge is 0.496 e. The van der Waals surface area contributed by atoms with Gasteiger partial charge >= 0.3 is 0 Å². The van der Waals surface area contributed by atoms with Gasteiger partial charge in [0.25, 0.3) is 0 Å². The van der Waals surface area contributed by atoms with Crippen molar-refractivity contribution in [1.29, 1.82) is 0 Å². The summed E-state index contributed by atoms with van der Waals surface area (Å²) in [5.74, 6) is 0.826. The second kappa shape index (κ2) is 2.87. The van der Waals surface area contributed by atoms with Gasteiger partial charge in [-0.3, -0.25) is 0 Å². The van der Waals surface area contributed by atoms with Crippen molar-refractivity contribution >= 4 is 6.29 Å². The summed E-state index contributed by atoms with van der Waals surface area (Å²) in [4.78, 5) is 10.9. The third-order valence-electron chi connectivity index (χ3n) is 2.66. The molecule has 68 valence electrons. The molecule has 2 nitrogen and oxygen atoms in total. The van der Waals surface area contributed by atoms with Crippen molar-refractivity contribution in [3.8, 4) is 5.75 Å². The number of benzene rings is 1. The van der Waals surface area contributed by atoms with Gasteiger partial charge in [0.1, 0.15) is 12.0 Å². The van der Waals surface area contributed by atoms with Crippen molar-refractivity contribution in [2.75, 3.05) is 7.11 Å². The molecule has 0 saturated heterocycles. The van der Waals surface area contributed by atoms with E-state index in [4.69, 9.17) is 4.74 Å². The SMILES string of the molecule is COc1ccccc1C1(C=O)CC1. The standard InChI is InChI=1S/C11H12O2/c1-13-10-5-3-2-4-9(10)11(8-12)6-7-11/h2-5,8H,6-7H2,1H3. The normalized spacial score (nSPS) is 17.9. The van der Waals surface area contributed by atoms with E-state index in [1.807, 2.05) is 24.3 Å². The van der Waals surface area contributed by atoms with Gasteiger partial charge in [-0.25, -0.2) is 0 Å². The van der Waals surface area contributed by atoms with Crippen molar-refractivity contribution in [1.82, 2.24) is 0 Å². The maximum Gasteiger partial charge on any atom is 0.130 e. The predicted octanol–water partition coefficient (Wildman–Crippen LogP) is 1.93. The Hall–Kier alpha value is -1.31. The second-order valence-electron chi connectivity index (χ2n) is 3.47. The summed E-state index contributed by atoms with van der Waals surface area (Å²) < 4.78 is 5.21. The lowest BCUT2D eigenvalue weighted by molar-refractivity contribution is -0.109. The molecule has 0 aliphatic heterocycles. The molecule has 1 aliphatic carbocycles. The Morgan fingerprint density at radius 1 is 1.38 bits per heavy atom. The van der Waals surface area contributed by atoms with Gasteiger partial charge in [0.05, 0.1) is 12.5 Å². The number of rotatable bonds is 3. The van der Waals surface area contributed by atoms with Crippen LogP contribution in [0.4, 0.5) is 0 Å². The fraction of sp³-hybridized carbons (Fsp3) is 0.364. The van der Waals surface area contributed by atoms with Crippen molar-refractivity contribution in [2.24, 2.45) is 0 Å². The van der Waals surface area contributed by atoms with E-state index in [0.717, 1.165) is 30.4 Å². The molecular formula is C11H12O2. The van der Waals surface area contributed by atoms with Crippen molar-refractivity contribution in [3.63, 3.8) is 0 Å². The summed E-state index contributed by atoms with van der Waals surface area (Å²) in [5.41, 5.74) is 0.805. The van der Waals surface area contributed by atoms with Gasteiger partial charge in [-0.05, 0) is 18.9 Å². The molecule has 0 amide bonds.